The number of methoxy groups -OCH3 is 1. The van der Waals surface area contributed by atoms with Crippen LogP contribution in [-0.4, -0.2) is 37.7 Å². The van der Waals surface area contributed by atoms with Gasteiger partial charge < -0.3 is 19.5 Å². The van der Waals surface area contributed by atoms with Crippen molar-refractivity contribution in [1.82, 2.24) is 5.32 Å². The monoisotopic (exact) mass is 465 g/mol. The number of nitrogens with one attached hydrogen (secondary N) is 1. The van der Waals surface area contributed by atoms with Crippen molar-refractivity contribution in [2.45, 2.75) is 64.1 Å². The molecule has 4 unspecified atom stereocenters. The van der Waals surface area contributed by atoms with Gasteiger partial charge in [0.15, 0.2) is 11.5 Å². The van der Waals surface area contributed by atoms with E-state index in [-0.39, 0.29) is 36.0 Å². The molecule has 2 aliphatic rings. The van der Waals surface area contributed by atoms with E-state index in [9.17, 15) is 9.59 Å². The smallest absolute Gasteiger partial charge is 0.302 e. The van der Waals surface area contributed by atoms with Crippen molar-refractivity contribution in [3.05, 3.63) is 53.1 Å². The summed E-state index contributed by atoms with van der Waals surface area (Å²) in [5.41, 5.74) is 3.20. The van der Waals surface area contributed by atoms with Crippen molar-refractivity contribution in [3.63, 3.8) is 0 Å². The van der Waals surface area contributed by atoms with E-state index >= 15 is 0 Å². The summed E-state index contributed by atoms with van der Waals surface area (Å²) in [5.74, 6) is 0.809. The van der Waals surface area contributed by atoms with Crippen LogP contribution in [0.4, 0.5) is 5.69 Å². The second kappa shape index (κ2) is 10.2. The van der Waals surface area contributed by atoms with Crippen LogP contribution in [0.15, 0.2) is 46.6 Å². The highest BCUT2D eigenvalue weighted by Gasteiger charge is 2.35. The highest BCUT2D eigenvalue weighted by molar-refractivity contribution is 5.97. The fraction of sp³-hybridized carbons (Fsp3) is 0.462. The van der Waals surface area contributed by atoms with Gasteiger partial charge in [-0.15, -0.1) is 0 Å². The SMILES string of the molecule is CCOc1cc(C2CC(OC(C)=O)CCC2NC(=O)c2cccc3c2C(C)N=N3)ccc1OC. The highest BCUT2D eigenvalue weighted by Crippen LogP contribution is 2.40. The second-order valence-electron chi connectivity index (χ2n) is 8.70. The minimum atomic E-state index is -0.294. The van der Waals surface area contributed by atoms with Gasteiger partial charge in [0.2, 0.25) is 0 Å². The zero-order valence-corrected chi connectivity index (χ0v) is 20.0. The zero-order chi connectivity index (χ0) is 24.2. The van der Waals surface area contributed by atoms with E-state index < -0.39 is 0 Å². The van der Waals surface area contributed by atoms with Gasteiger partial charge in [-0.1, -0.05) is 12.1 Å². The topological polar surface area (TPSA) is 98.6 Å². The van der Waals surface area contributed by atoms with E-state index in [2.05, 4.69) is 15.5 Å². The fourth-order valence-electron chi connectivity index (χ4n) is 4.94. The maximum atomic E-state index is 13.4. The van der Waals surface area contributed by atoms with Crippen LogP contribution in [0.2, 0.25) is 0 Å². The average Bonchev–Trinajstić information content (AvgIpc) is 3.21. The lowest BCUT2D eigenvalue weighted by Gasteiger charge is -2.36. The molecule has 2 aromatic carbocycles. The van der Waals surface area contributed by atoms with E-state index in [1.54, 1.807) is 7.11 Å². The maximum absolute atomic E-state index is 13.4. The second-order valence-corrected chi connectivity index (χ2v) is 8.70. The predicted octanol–water partition coefficient (Wildman–Crippen LogP) is 5.25. The van der Waals surface area contributed by atoms with Crippen molar-refractivity contribution in [2.24, 2.45) is 10.2 Å². The van der Waals surface area contributed by atoms with Crippen molar-refractivity contribution in [3.8, 4) is 11.5 Å². The fourth-order valence-corrected chi connectivity index (χ4v) is 4.94. The highest BCUT2D eigenvalue weighted by atomic mass is 16.5. The molecule has 1 aliphatic heterocycles. The van der Waals surface area contributed by atoms with Crippen LogP contribution in [0.3, 0.4) is 0 Å². The number of carbonyl (C=O) groups is 2. The number of rotatable bonds is 7. The number of hydrogen-bond donors (Lipinski definition) is 1. The number of azo groups is 1. The molecule has 8 heteroatoms. The van der Waals surface area contributed by atoms with Gasteiger partial charge in [0.1, 0.15) is 6.10 Å². The van der Waals surface area contributed by atoms with Gasteiger partial charge in [-0.2, -0.15) is 10.2 Å². The summed E-state index contributed by atoms with van der Waals surface area (Å²) in [4.78, 5) is 25.0. The molecule has 1 amide bonds. The van der Waals surface area contributed by atoms with Crippen LogP contribution in [0, 0.1) is 0 Å². The molecule has 0 aromatic heterocycles. The molecular formula is C26H31N3O5. The standard InChI is InChI=1S/C26H31N3O5/c1-5-33-24-13-17(9-12-23(24)32-4)20-14-18(34-16(3)30)10-11-21(20)27-26(31)19-7-6-8-22-25(19)15(2)28-29-22/h6-9,12-13,15,18,20-21H,5,10-11,14H2,1-4H3,(H,27,31). The molecular weight excluding hydrogens is 434 g/mol. The Morgan fingerprint density at radius 1 is 1.15 bits per heavy atom. The molecule has 8 nitrogen and oxygen atoms in total. The van der Waals surface area contributed by atoms with E-state index in [0.29, 0.717) is 42.9 Å². The van der Waals surface area contributed by atoms with Crippen LogP contribution >= 0.6 is 0 Å². The number of ether oxygens (including phenoxy) is 3. The summed E-state index contributed by atoms with van der Waals surface area (Å²) in [6.07, 6.45) is 1.77. The summed E-state index contributed by atoms with van der Waals surface area (Å²) >= 11 is 0. The van der Waals surface area contributed by atoms with Crippen LogP contribution in [0.5, 0.6) is 11.5 Å². The molecule has 1 heterocycles. The normalized spacial score (nSPS) is 23.2. The Morgan fingerprint density at radius 3 is 2.71 bits per heavy atom. The van der Waals surface area contributed by atoms with Gasteiger partial charge in [-0.25, -0.2) is 0 Å². The Bertz CT molecular complexity index is 1100. The first kappa shape index (κ1) is 23.7. The van der Waals surface area contributed by atoms with E-state index in [4.69, 9.17) is 14.2 Å². The molecule has 1 saturated carbocycles. The van der Waals surface area contributed by atoms with Gasteiger partial charge in [-0.3, -0.25) is 9.59 Å². The first-order valence-electron chi connectivity index (χ1n) is 11.7. The predicted molar refractivity (Wildman–Crippen MR) is 127 cm³/mol. The van der Waals surface area contributed by atoms with Crippen LogP contribution in [0.1, 0.15) is 73.5 Å². The number of amides is 1. The summed E-state index contributed by atoms with van der Waals surface area (Å²) in [5, 5.41) is 11.6. The minimum Gasteiger partial charge on any atom is -0.493 e. The Kier molecular flexibility index (Phi) is 7.14. The molecule has 1 fully saturated rings. The lowest BCUT2D eigenvalue weighted by Crippen LogP contribution is -2.44. The van der Waals surface area contributed by atoms with Gasteiger partial charge in [0.05, 0.1) is 25.4 Å². The number of fused-ring (bicyclic) bond motifs is 1. The minimum absolute atomic E-state index is 0.0595. The molecule has 180 valence electrons. The van der Waals surface area contributed by atoms with Crippen molar-refractivity contribution < 1.29 is 23.8 Å². The summed E-state index contributed by atoms with van der Waals surface area (Å²) in [7, 11) is 1.61. The summed E-state index contributed by atoms with van der Waals surface area (Å²) < 4.78 is 16.8. The molecule has 0 saturated heterocycles. The van der Waals surface area contributed by atoms with E-state index in [0.717, 1.165) is 16.8 Å². The van der Waals surface area contributed by atoms with Crippen LogP contribution < -0.4 is 14.8 Å². The molecule has 1 N–H and O–H groups in total. The third kappa shape index (κ3) is 4.90. The first-order chi connectivity index (χ1) is 16.4. The van der Waals surface area contributed by atoms with Gasteiger partial charge in [0.25, 0.3) is 5.91 Å². The van der Waals surface area contributed by atoms with Gasteiger partial charge in [0, 0.05) is 30.0 Å². The third-order valence-corrected chi connectivity index (χ3v) is 6.45. The van der Waals surface area contributed by atoms with Crippen LogP contribution in [0.25, 0.3) is 0 Å². The lowest BCUT2D eigenvalue weighted by molar-refractivity contribution is -0.148. The summed E-state index contributed by atoms with van der Waals surface area (Å²) in [6, 6.07) is 11.1. The van der Waals surface area contributed by atoms with E-state index in [1.807, 2.05) is 50.2 Å². The Hall–Kier alpha value is -3.42. The molecule has 1 aliphatic carbocycles. The number of hydrogen-bond acceptors (Lipinski definition) is 7. The van der Waals surface area contributed by atoms with Crippen molar-refractivity contribution in [1.29, 1.82) is 0 Å². The quantitative estimate of drug-likeness (QED) is 0.563. The molecule has 2 aromatic rings. The number of benzene rings is 2. The van der Waals surface area contributed by atoms with Gasteiger partial charge in [-0.05, 0) is 62.9 Å². The maximum Gasteiger partial charge on any atom is 0.302 e. The molecule has 34 heavy (non-hydrogen) atoms. The van der Waals surface area contributed by atoms with Crippen molar-refractivity contribution in [2.75, 3.05) is 13.7 Å². The Labute approximate surface area is 199 Å². The van der Waals surface area contributed by atoms with E-state index in [1.165, 1.54) is 6.92 Å². The number of nitrogens with zero attached hydrogens (tertiary/aromatic N) is 2. The summed E-state index contributed by atoms with van der Waals surface area (Å²) in [6.45, 7) is 5.79. The molecule has 0 radical (unpaired) electrons. The molecule has 4 rings (SSSR count). The zero-order valence-electron chi connectivity index (χ0n) is 20.0. The molecule has 0 bridgehead atoms. The largest absolute Gasteiger partial charge is 0.493 e. The number of carbonyl (C=O) groups excluding carboxylic acids is 2. The first-order valence-corrected chi connectivity index (χ1v) is 11.7. The van der Waals surface area contributed by atoms with Crippen molar-refractivity contribution >= 4 is 17.6 Å². The third-order valence-electron chi connectivity index (χ3n) is 6.45. The Balaban J connectivity index is 1.62. The lowest BCUT2D eigenvalue weighted by atomic mass is 9.78. The van der Waals surface area contributed by atoms with Gasteiger partial charge >= 0.3 is 5.97 Å². The molecule has 0 spiro atoms. The average molecular weight is 466 g/mol. The molecule has 4 atom stereocenters. The number of esters is 1. The Morgan fingerprint density at radius 2 is 1.97 bits per heavy atom. The van der Waals surface area contributed by atoms with Crippen LogP contribution in [-0.2, 0) is 9.53 Å².